The van der Waals surface area contributed by atoms with Crippen LogP contribution in [0, 0.1) is 0 Å². The van der Waals surface area contributed by atoms with E-state index in [4.69, 9.17) is 4.74 Å². The second-order valence-corrected chi connectivity index (χ2v) is 7.01. The fourth-order valence-corrected chi connectivity index (χ4v) is 3.57. The Hall–Kier alpha value is -2.79. The van der Waals surface area contributed by atoms with Gasteiger partial charge in [0.05, 0.1) is 12.2 Å². The summed E-state index contributed by atoms with van der Waals surface area (Å²) in [5.74, 6) is 0.785. The zero-order valence-corrected chi connectivity index (χ0v) is 15.3. The highest BCUT2D eigenvalue weighted by atomic mass is 16.5. The zero-order chi connectivity index (χ0) is 18.5. The van der Waals surface area contributed by atoms with Gasteiger partial charge in [-0.2, -0.15) is 0 Å². The second kappa shape index (κ2) is 8.27. The third kappa shape index (κ3) is 4.31. The molecule has 1 fully saturated rings. The summed E-state index contributed by atoms with van der Waals surface area (Å²) in [6.07, 6.45) is 6.65. The molecular formula is C22H25N3O2. The number of anilines is 2. The predicted molar refractivity (Wildman–Crippen MR) is 109 cm³/mol. The van der Waals surface area contributed by atoms with E-state index in [9.17, 15) is 4.79 Å². The number of ether oxygens (including phenoxy) is 1. The van der Waals surface area contributed by atoms with Crippen LogP contribution in [0.25, 0.3) is 5.57 Å². The molecule has 0 aromatic heterocycles. The van der Waals surface area contributed by atoms with E-state index in [-0.39, 0.29) is 5.91 Å². The van der Waals surface area contributed by atoms with Crippen LogP contribution in [0.1, 0.15) is 31.2 Å². The number of piperidine rings is 1. The molecule has 2 aliphatic rings. The Kier molecular flexibility index (Phi) is 5.39. The molecule has 0 aliphatic carbocycles. The van der Waals surface area contributed by atoms with E-state index in [0.717, 1.165) is 42.3 Å². The number of rotatable bonds is 6. The first-order chi connectivity index (χ1) is 13.3. The van der Waals surface area contributed by atoms with Gasteiger partial charge in [0.2, 0.25) is 0 Å². The molecule has 1 saturated heterocycles. The first-order valence-corrected chi connectivity index (χ1v) is 9.63. The van der Waals surface area contributed by atoms with Crippen LogP contribution in [0.4, 0.5) is 11.4 Å². The number of para-hydroxylation sites is 1. The van der Waals surface area contributed by atoms with E-state index in [1.807, 2.05) is 48.5 Å². The first kappa shape index (κ1) is 17.6. The highest BCUT2D eigenvalue weighted by Gasteiger charge is 2.23. The van der Waals surface area contributed by atoms with E-state index in [0.29, 0.717) is 11.6 Å². The van der Waals surface area contributed by atoms with Crippen LogP contribution in [-0.4, -0.2) is 25.1 Å². The maximum Gasteiger partial charge on any atom is 0.257 e. The van der Waals surface area contributed by atoms with E-state index >= 15 is 0 Å². The molecule has 0 spiro atoms. The van der Waals surface area contributed by atoms with Gasteiger partial charge >= 0.3 is 0 Å². The number of carbonyl (C=O) groups excluding carboxylic acids is 1. The Morgan fingerprint density at radius 1 is 1.11 bits per heavy atom. The van der Waals surface area contributed by atoms with Crippen molar-refractivity contribution in [2.24, 2.45) is 0 Å². The Morgan fingerprint density at radius 2 is 1.96 bits per heavy atom. The maximum absolute atomic E-state index is 12.1. The van der Waals surface area contributed by atoms with Crippen molar-refractivity contribution in [1.82, 2.24) is 5.32 Å². The Labute approximate surface area is 159 Å². The van der Waals surface area contributed by atoms with Crippen molar-refractivity contribution in [2.75, 3.05) is 23.8 Å². The molecule has 5 nitrogen and oxygen atoms in total. The maximum atomic E-state index is 12.1. The minimum Gasteiger partial charge on any atom is -0.494 e. The molecule has 2 aliphatic heterocycles. The highest BCUT2D eigenvalue weighted by Crippen LogP contribution is 2.31. The van der Waals surface area contributed by atoms with Crippen molar-refractivity contribution >= 4 is 22.9 Å². The van der Waals surface area contributed by atoms with Gasteiger partial charge in [-0.05, 0) is 56.1 Å². The largest absolute Gasteiger partial charge is 0.494 e. The van der Waals surface area contributed by atoms with Gasteiger partial charge in [-0.3, -0.25) is 4.79 Å². The van der Waals surface area contributed by atoms with Crippen LogP contribution < -0.4 is 20.7 Å². The monoisotopic (exact) mass is 363 g/mol. The lowest BCUT2D eigenvalue weighted by Crippen LogP contribution is -2.35. The van der Waals surface area contributed by atoms with Gasteiger partial charge in [0.15, 0.2) is 0 Å². The van der Waals surface area contributed by atoms with Gasteiger partial charge in [-0.15, -0.1) is 0 Å². The molecule has 2 heterocycles. The Bertz CT molecular complexity index is 824. The number of amides is 1. The van der Waals surface area contributed by atoms with Gasteiger partial charge in [-0.1, -0.05) is 24.6 Å². The molecule has 3 N–H and O–H groups in total. The standard InChI is InChI=1S/C22H25N3O2/c26-22-20(19-6-1-2-7-21(19)25-22)15-24-17-8-10-18(11-9-17)27-14-12-16-5-3-4-13-23-16/h1-2,6-11,15-16,23-24H,3-5,12-14H2,(H,25,26). The molecular weight excluding hydrogens is 338 g/mol. The number of hydrogen-bond donors (Lipinski definition) is 3. The fourth-order valence-electron chi connectivity index (χ4n) is 3.57. The molecule has 27 heavy (non-hydrogen) atoms. The molecule has 140 valence electrons. The van der Waals surface area contributed by atoms with Crippen molar-refractivity contribution in [3.63, 3.8) is 0 Å². The van der Waals surface area contributed by atoms with Crippen LogP contribution in [0.5, 0.6) is 5.75 Å². The second-order valence-electron chi connectivity index (χ2n) is 7.01. The minimum absolute atomic E-state index is 0.0834. The molecule has 2 aromatic carbocycles. The summed E-state index contributed by atoms with van der Waals surface area (Å²) in [6.45, 7) is 1.86. The van der Waals surface area contributed by atoms with Gasteiger partial charge in [0.25, 0.3) is 5.91 Å². The van der Waals surface area contributed by atoms with Crippen LogP contribution in [-0.2, 0) is 4.79 Å². The highest BCUT2D eigenvalue weighted by molar-refractivity contribution is 6.31. The molecule has 0 radical (unpaired) electrons. The zero-order valence-electron chi connectivity index (χ0n) is 15.3. The van der Waals surface area contributed by atoms with Crippen LogP contribution in [0.15, 0.2) is 54.7 Å². The Balaban J connectivity index is 1.31. The van der Waals surface area contributed by atoms with Crippen LogP contribution in [0.3, 0.4) is 0 Å². The summed E-state index contributed by atoms with van der Waals surface area (Å²) < 4.78 is 5.86. The average Bonchev–Trinajstić information content (AvgIpc) is 3.03. The normalized spacial score (nSPS) is 20.2. The number of nitrogens with one attached hydrogen (secondary N) is 3. The number of benzene rings is 2. The van der Waals surface area contributed by atoms with Crippen molar-refractivity contribution in [3.8, 4) is 5.75 Å². The van der Waals surface area contributed by atoms with E-state index in [2.05, 4.69) is 16.0 Å². The molecule has 0 bridgehead atoms. The summed E-state index contributed by atoms with van der Waals surface area (Å²) in [5.41, 5.74) is 3.34. The van der Waals surface area contributed by atoms with E-state index in [1.54, 1.807) is 6.20 Å². The van der Waals surface area contributed by atoms with Crippen molar-refractivity contribution in [3.05, 3.63) is 60.3 Å². The van der Waals surface area contributed by atoms with E-state index < -0.39 is 0 Å². The molecule has 0 saturated carbocycles. The molecule has 1 unspecified atom stereocenters. The Morgan fingerprint density at radius 3 is 2.78 bits per heavy atom. The minimum atomic E-state index is -0.0834. The fraction of sp³-hybridized carbons (Fsp3) is 0.318. The quantitative estimate of drug-likeness (QED) is 0.679. The summed E-state index contributed by atoms with van der Waals surface area (Å²) in [5, 5.41) is 9.61. The number of hydrogen-bond acceptors (Lipinski definition) is 4. The van der Waals surface area contributed by atoms with Gasteiger partial charge in [0.1, 0.15) is 5.75 Å². The molecule has 1 amide bonds. The lowest BCUT2D eigenvalue weighted by molar-refractivity contribution is -0.110. The SMILES string of the molecule is O=C1Nc2ccccc2C1=CNc1ccc(OCCC2CCCCN2)cc1. The van der Waals surface area contributed by atoms with Crippen LogP contribution in [0.2, 0.25) is 0 Å². The summed E-state index contributed by atoms with van der Waals surface area (Å²) >= 11 is 0. The molecule has 1 atom stereocenters. The first-order valence-electron chi connectivity index (χ1n) is 9.63. The average molecular weight is 363 g/mol. The summed E-state index contributed by atoms with van der Waals surface area (Å²) in [4.78, 5) is 12.1. The lowest BCUT2D eigenvalue weighted by Gasteiger charge is -2.23. The van der Waals surface area contributed by atoms with Gasteiger partial charge in [0, 0.05) is 29.2 Å². The predicted octanol–water partition coefficient (Wildman–Crippen LogP) is 4.00. The number of carbonyl (C=O) groups is 1. The molecule has 5 heteroatoms. The van der Waals surface area contributed by atoms with Crippen molar-refractivity contribution in [1.29, 1.82) is 0 Å². The van der Waals surface area contributed by atoms with E-state index in [1.165, 1.54) is 19.3 Å². The third-order valence-corrected chi connectivity index (χ3v) is 5.09. The smallest absolute Gasteiger partial charge is 0.257 e. The van der Waals surface area contributed by atoms with Crippen molar-refractivity contribution < 1.29 is 9.53 Å². The molecule has 2 aromatic rings. The number of fused-ring (bicyclic) bond motifs is 1. The van der Waals surface area contributed by atoms with Gasteiger partial charge < -0.3 is 20.7 Å². The van der Waals surface area contributed by atoms with Crippen molar-refractivity contribution in [2.45, 2.75) is 31.7 Å². The summed E-state index contributed by atoms with van der Waals surface area (Å²) in [7, 11) is 0. The third-order valence-electron chi connectivity index (χ3n) is 5.09. The summed E-state index contributed by atoms with van der Waals surface area (Å²) in [6, 6.07) is 16.1. The lowest BCUT2D eigenvalue weighted by atomic mass is 10.0. The van der Waals surface area contributed by atoms with Crippen LogP contribution >= 0.6 is 0 Å². The molecule has 4 rings (SSSR count). The topological polar surface area (TPSA) is 62.4 Å². The van der Waals surface area contributed by atoms with Gasteiger partial charge in [-0.25, -0.2) is 0 Å².